The summed E-state index contributed by atoms with van der Waals surface area (Å²) in [5, 5.41) is 0. The number of hydrogen-bond acceptors (Lipinski definition) is 2. The first-order valence-electron chi connectivity index (χ1n) is 6.82. The van der Waals surface area contributed by atoms with Gasteiger partial charge >= 0.3 is 6.18 Å². The molecule has 0 N–H and O–H groups in total. The molecule has 1 aromatic heterocycles. The van der Waals surface area contributed by atoms with E-state index in [1.54, 1.807) is 6.20 Å². The van der Waals surface area contributed by atoms with Gasteiger partial charge < -0.3 is 4.90 Å². The van der Waals surface area contributed by atoms with Gasteiger partial charge in [0, 0.05) is 31.4 Å². The molecule has 3 nitrogen and oxygen atoms in total. The van der Waals surface area contributed by atoms with E-state index in [0.29, 0.717) is 19.5 Å². The number of alkyl halides is 3. The van der Waals surface area contributed by atoms with E-state index in [4.69, 9.17) is 0 Å². The molecule has 0 radical (unpaired) electrons. The molecule has 1 aliphatic heterocycles. The highest BCUT2D eigenvalue weighted by Crippen LogP contribution is 2.25. The molecular weight excluding hydrogens is 281 g/mol. The van der Waals surface area contributed by atoms with E-state index < -0.39 is 24.9 Å². The average molecular weight is 298 g/mol. The van der Waals surface area contributed by atoms with Crippen molar-refractivity contribution in [1.29, 1.82) is 0 Å². The van der Waals surface area contributed by atoms with Crippen molar-refractivity contribution < 1.29 is 18.0 Å². The van der Waals surface area contributed by atoms with Crippen LogP contribution in [-0.4, -0.2) is 35.1 Å². The molecule has 6 heteroatoms. The normalized spacial score (nSPS) is 15.8. The second-order valence-electron chi connectivity index (χ2n) is 5.12. The summed E-state index contributed by atoms with van der Waals surface area (Å²) in [4.78, 5) is 17.3. The van der Waals surface area contributed by atoms with Crippen molar-refractivity contribution in [2.75, 3.05) is 13.1 Å². The van der Waals surface area contributed by atoms with Crippen molar-refractivity contribution in [3.63, 3.8) is 0 Å². The maximum absolute atomic E-state index is 12.1. The maximum atomic E-state index is 12.1. The summed E-state index contributed by atoms with van der Waals surface area (Å²) < 4.78 is 36.3. The Bertz CT molecular complexity index is 552. The molecule has 1 aromatic rings. The maximum Gasteiger partial charge on any atom is 0.389 e. The average Bonchev–Trinajstić information content (AvgIpc) is 2.44. The fourth-order valence-corrected chi connectivity index (χ4v) is 2.31. The van der Waals surface area contributed by atoms with Gasteiger partial charge in [-0.1, -0.05) is 6.08 Å². The Morgan fingerprint density at radius 2 is 2.19 bits per heavy atom. The molecule has 114 valence electrons. The van der Waals surface area contributed by atoms with E-state index in [-0.39, 0.29) is 0 Å². The number of amides is 1. The number of halogens is 3. The van der Waals surface area contributed by atoms with E-state index in [2.05, 4.69) is 4.98 Å². The van der Waals surface area contributed by atoms with Gasteiger partial charge in [-0.2, -0.15) is 13.2 Å². The zero-order valence-corrected chi connectivity index (χ0v) is 11.8. The predicted molar refractivity (Wildman–Crippen MR) is 73.4 cm³/mol. The number of rotatable bonds is 3. The van der Waals surface area contributed by atoms with Gasteiger partial charge in [0.2, 0.25) is 5.91 Å². The summed E-state index contributed by atoms with van der Waals surface area (Å²) in [5.41, 5.74) is 3.09. The molecule has 0 aliphatic carbocycles. The lowest BCUT2D eigenvalue weighted by Gasteiger charge is -2.27. The van der Waals surface area contributed by atoms with Crippen LogP contribution < -0.4 is 0 Å². The number of hydrogen-bond donors (Lipinski definition) is 0. The van der Waals surface area contributed by atoms with E-state index in [9.17, 15) is 18.0 Å². The van der Waals surface area contributed by atoms with Crippen LogP contribution in [0.1, 0.15) is 30.5 Å². The van der Waals surface area contributed by atoms with Crippen LogP contribution in [0.25, 0.3) is 5.57 Å². The molecule has 0 unspecified atom stereocenters. The van der Waals surface area contributed by atoms with Gasteiger partial charge in [0.15, 0.2) is 0 Å². The minimum absolute atomic E-state index is 0.368. The third-order valence-electron chi connectivity index (χ3n) is 3.45. The van der Waals surface area contributed by atoms with Crippen molar-refractivity contribution >= 4 is 11.5 Å². The van der Waals surface area contributed by atoms with Gasteiger partial charge in [0.25, 0.3) is 0 Å². The summed E-state index contributed by atoms with van der Waals surface area (Å²) in [7, 11) is 0. The van der Waals surface area contributed by atoms with Gasteiger partial charge in [0.05, 0.1) is 6.42 Å². The zero-order chi connectivity index (χ0) is 15.5. The van der Waals surface area contributed by atoms with E-state index in [1.807, 2.05) is 25.1 Å². The number of pyridine rings is 1. The van der Waals surface area contributed by atoms with E-state index in [1.165, 1.54) is 4.90 Å². The number of carbonyl (C=O) groups is 1. The number of aryl methyl sites for hydroxylation is 1. The summed E-state index contributed by atoms with van der Waals surface area (Å²) in [6.07, 6.45) is -1.51. The first-order valence-corrected chi connectivity index (χ1v) is 6.82. The van der Waals surface area contributed by atoms with Crippen LogP contribution in [0.5, 0.6) is 0 Å². The van der Waals surface area contributed by atoms with Gasteiger partial charge in [-0.25, -0.2) is 0 Å². The minimum atomic E-state index is -4.28. The lowest BCUT2D eigenvalue weighted by atomic mass is 9.99. The first kappa shape index (κ1) is 15.5. The Morgan fingerprint density at radius 3 is 2.76 bits per heavy atom. The highest BCUT2D eigenvalue weighted by Gasteiger charge is 2.29. The van der Waals surface area contributed by atoms with Crippen LogP contribution in [0.15, 0.2) is 24.4 Å². The Kier molecular flexibility index (Phi) is 4.65. The van der Waals surface area contributed by atoms with Crippen molar-refractivity contribution in [2.45, 2.75) is 32.4 Å². The van der Waals surface area contributed by atoms with Gasteiger partial charge in [-0.3, -0.25) is 9.78 Å². The Balaban J connectivity index is 1.94. The molecule has 1 aliphatic rings. The summed E-state index contributed by atoms with van der Waals surface area (Å²) in [6.45, 7) is 2.73. The molecular formula is C15H17F3N2O. The molecule has 0 aromatic carbocycles. The summed E-state index contributed by atoms with van der Waals surface area (Å²) >= 11 is 0. The highest BCUT2D eigenvalue weighted by molar-refractivity contribution is 5.78. The quantitative estimate of drug-likeness (QED) is 0.857. The Hall–Kier alpha value is -1.85. The lowest BCUT2D eigenvalue weighted by Crippen LogP contribution is -2.35. The zero-order valence-electron chi connectivity index (χ0n) is 11.8. The van der Waals surface area contributed by atoms with E-state index >= 15 is 0 Å². The second kappa shape index (κ2) is 6.28. The van der Waals surface area contributed by atoms with Crippen molar-refractivity contribution in [1.82, 2.24) is 9.88 Å². The first-order chi connectivity index (χ1) is 9.85. The van der Waals surface area contributed by atoms with Gasteiger partial charge in [-0.15, -0.1) is 0 Å². The SMILES string of the molecule is Cc1cc(C2=CCN(C(=O)CCC(F)(F)F)CC2)ccn1. The fraction of sp³-hybridized carbons (Fsp3) is 0.467. The molecule has 21 heavy (non-hydrogen) atoms. The van der Waals surface area contributed by atoms with Gasteiger partial charge in [0.1, 0.15) is 0 Å². The van der Waals surface area contributed by atoms with E-state index in [0.717, 1.165) is 16.8 Å². The third-order valence-corrected chi connectivity index (χ3v) is 3.45. The number of carbonyl (C=O) groups excluding carboxylic acids is 1. The topological polar surface area (TPSA) is 33.2 Å². The van der Waals surface area contributed by atoms with Gasteiger partial charge in [-0.05, 0) is 36.6 Å². The molecule has 1 amide bonds. The minimum Gasteiger partial charge on any atom is -0.339 e. The molecule has 2 rings (SSSR count). The molecule has 0 saturated carbocycles. The molecule has 0 atom stereocenters. The van der Waals surface area contributed by atoms with Crippen LogP contribution in [0, 0.1) is 6.92 Å². The third kappa shape index (κ3) is 4.58. The predicted octanol–water partition coefficient (Wildman–Crippen LogP) is 3.35. The molecule has 0 spiro atoms. The number of aromatic nitrogens is 1. The van der Waals surface area contributed by atoms with Crippen LogP contribution in [0.3, 0.4) is 0 Å². The molecule has 2 heterocycles. The monoisotopic (exact) mass is 298 g/mol. The Morgan fingerprint density at radius 1 is 1.43 bits per heavy atom. The number of nitrogens with zero attached hydrogens (tertiary/aromatic N) is 2. The van der Waals surface area contributed by atoms with Crippen molar-refractivity contribution in [3.05, 3.63) is 35.7 Å². The highest BCUT2D eigenvalue weighted by atomic mass is 19.4. The fourth-order valence-electron chi connectivity index (χ4n) is 2.31. The van der Waals surface area contributed by atoms with Crippen LogP contribution in [-0.2, 0) is 4.79 Å². The van der Waals surface area contributed by atoms with Crippen LogP contribution in [0.2, 0.25) is 0 Å². The van der Waals surface area contributed by atoms with Crippen molar-refractivity contribution in [3.8, 4) is 0 Å². The Labute approximate surface area is 121 Å². The smallest absolute Gasteiger partial charge is 0.339 e. The van der Waals surface area contributed by atoms with Crippen LogP contribution >= 0.6 is 0 Å². The molecule has 0 saturated heterocycles. The largest absolute Gasteiger partial charge is 0.389 e. The summed E-state index contributed by atoms with van der Waals surface area (Å²) in [5.74, 6) is -0.437. The molecule has 0 fully saturated rings. The second-order valence-corrected chi connectivity index (χ2v) is 5.12. The van der Waals surface area contributed by atoms with Crippen LogP contribution in [0.4, 0.5) is 13.2 Å². The summed E-state index contributed by atoms with van der Waals surface area (Å²) in [6, 6.07) is 3.87. The van der Waals surface area contributed by atoms with Crippen molar-refractivity contribution in [2.24, 2.45) is 0 Å². The lowest BCUT2D eigenvalue weighted by molar-refractivity contribution is -0.148. The standard InChI is InChI=1S/C15H17F3N2O/c1-11-10-13(3-7-19-11)12-4-8-20(9-5-12)14(21)2-6-15(16,17)18/h3-4,7,10H,2,5-6,8-9H2,1H3. The molecule has 0 bridgehead atoms.